The molecule has 3 rings (SSSR count). The van der Waals surface area contributed by atoms with E-state index in [-0.39, 0.29) is 0 Å². The van der Waals surface area contributed by atoms with Crippen LogP contribution in [0.1, 0.15) is 22.4 Å². The first-order valence-corrected chi connectivity index (χ1v) is 7.39. The maximum Gasteiger partial charge on any atom is 0.0418 e. The second-order valence-corrected chi connectivity index (χ2v) is 5.70. The zero-order valence-electron chi connectivity index (χ0n) is 10.4. The fourth-order valence-electron chi connectivity index (χ4n) is 2.46. The van der Waals surface area contributed by atoms with Gasteiger partial charge in [0.2, 0.25) is 0 Å². The molecule has 0 radical (unpaired) electrons. The molecule has 2 nitrogen and oxygen atoms in total. The van der Waals surface area contributed by atoms with Gasteiger partial charge in [-0.2, -0.15) is 0 Å². The number of hydrogen-bond donors (Lipinski definition) is 2. The fraction of sp³-hybridized carbons (Fsp3) is 0.333. The summed E-state index contributed by atoms with van der Waals surface area (Å²) in [6, 6.07) is 10.9. The molecule has 0 fully saturated rings. The summed E-state index contributed by atoms with van der Waals surface area (Å²) in [6.07, 6.45) is 2.46. The monoisotopic (exact) mass is 258 g/mol. The second-order valence-electron chi connectivity index (χ2n) is 4.66. The summed E-state index contributed by atoms with van der Waals surface area (Å²) in [5, 5.41) is 9.19. The Morgan fingerprint density at radius 3 is 3.06 bits per heavy atom. The van der Waals surface area contributed by atoms with Gasteiger partial charge in [-0.15, -0.1) is 11.3 Å². The SMILES string of the molecule is c1csc(CNCc2cccc3c2NCCC3)c1. The van der Waals surface area contributed by atoms with Gasteiger partial charge in [0.05, 0.1) is 0 Å². The molecule has 0 spiro atoms. The van der Waals surface area contributed by atoms with Crippen LogP contribution in [-0.2, 0) is 19.5 Å². The highest BCUT2D eigenvalue weighted by atomic mass is 32.1. The van der Waals surface area contributed by atoms with Crippen LogP contribution < -0.4 is 10.6 Å². The smallest absolute Gasteiger partial charge is 0.0418 e. The van der Waals surface area contributed by atoms with Crippen molar-refractivity contribution in [1.82, 2.24) is 5.32 Å². The molecule has 94 valence electrons. The first kappa shape index (κ1) is 11.8. The van der Waals surface area contributed by atoms with Crippen LogP contribution in [0.15, 0.2) is 35.7 Å². The highest BCUT2D eigenvalue weighted by Gasteiger charge is 2.11. The standard InChI is InChI=1S/C15H18N2S/c1-4-12-6-2-8-17-15(12)13(5-1)10-16-11-14-7-3-9-18-14/h1,3-5,7,9,16-17H,2,6,8,10-11H2. The molecule has 0 unspecified atom stereocenters. The number of fused-ring (bicyclic) bond motifs is 1. The quantitative estimate of drug-likeness (QED) is 0.878. The summed E-state index contributed by atoms with van der Waals surface area (Å²) in [4.78, 5) is 1.40. The van der Waals surface area contributed by atoms with Crippen LogP contribution in [0.2, 0.25) is 0 Å². The molecule has 0 amide bonds. The molecule has 0 bridgehead atoms. The van der Waals surface area contributed by atoms with Crippen LogP contribution in [0.3, 0.4) is 0 Å². The van der Waals surface area contributed by atoms with Crippen molar-refractivity contribution in [2.75, 3.05) is 11.9 Å². The molecule has 0 saturated carbocycles. The summed E-state index contributed by atoms with van der Waals surface area (Å²) in [5.41, 5.74) is 4.22. The molecule has 18 heavy (non-hydrogen) atoms. The second kappa shape index (κ2) is 5.55. The Balaban J connectivity index is 1.65. The Hall–Kier alpha value is -1.32. The summed E-state index contributed by atoms with van der Waals surface area (Å²) < 4.78 is 0. The largest absolute Gasteiger partial charge is 0.385 e. The minimum atomic E-state index is 0.939. The summed E-state index contributed by atoms with van der Waals surface area (Å²) in [5.74, 6) is 0. The lowest BCUT2D eigenvalue weighted by Gasteiger charge is -2.21. The van der Waals surface area contributed by atoms with Crippen LogP contribution in [0.4, 0.5) is 5.69 Å². The van der Waals surface area contributed by atoms with E-state index >= 15 is 0 Å². The van der Waals surface area contributed by atoms with E-state index in [4.69, 9.17) is 0 Å². The van der Waals surface area contributed by atoms with Crippen molar-refractivity contribution in [3.05, 3.63) is 51.7 Å². The molecule has 1 aliphatic rings. The van der Waals surface area contributed by atoms with Crippen molar-refractivity contribution in [2.45, 2.75) is 25.9 Å². The minimum Gasteiger partial charge on any atom is -0.385 e. The Morgan fingerprint density at radius 2 is 2.17 bits per heavy atom. The van der Waals surface area contributed by atoms with Crippen LogP contribution in [-0.4, -0.2) is 6.54 Å². The Morgan fingerprint density at radius 1 is 1.17 bits per heavy atom. The van der Waals surface area contributed by atoms with Crippen molar-refractivity contribution < 1.29 is 0 Å². The molecule has 1 aromatic heterocycles. The number of thiophene rings is 1. The lowest BCUT2D eigenvalue weighted by Crippen LogP contribution is -2.17. The maximum absolute atomic E-state index is 3.54. The van der Waals surface area contributed by atoms with Gasteiger partial charge in [-0.25, -0.2) is 0 Å². The average Bonchev–Trinajstić information content (AvgIpc) is 2.92. The number of hydrogen-bond acceptors (Lipinski definition) is 3. The van der Waals surface area contributed by atoms with E-state index in [9.17, 15) is 0 Å². The van der Waals surface area contributed by atoms with Gasteiger partial charge in [0.15, 0.2) is 0 Å². The van der Waals surface area contributed by atoms with Crippen LogP contribution in [0, 0.1) is 0 Å². The number of nitrogens with one attached hydrogen (secondary N) is 2. The van der Waals surface area contributed by atoms with E-state index in [1.807, 2.05) is 11.3 Å². The topological polar surface area (TPSA) is 24.1 Å². The van der Waals surface area contributed by atoms with E-state index < -0.39 is 0 Å². The van der Waals surface area contributed by atoms with E-state index in [1.165, 1.54) is 34.5 Å². The van der Waals surface area contributed by atoms with Gasteiger partial charge in [0, 0.05) is 30.2 Å². The first-order chi connectivity index (χ1) is 8.93. The zero-order valence-corrected chi connectivity index (χ0v) is 11.2. The molecule has 3 heteroatoms. The number of rotatable bonds is 4. The van der Waals surface area contributed by atoms with Gasteiger partial charge in [-0.05, 0) is 35.4 Å². The molecule has 0 atom stereocenters. The predicted molar refractivity (Wildman–Crippen MR) is 78.1 cm³/mol. The highest BCUT2D eigenvalue weighted by molar-refractivity contribution is 7.09. The Bertz CT molecular complexity index is 505. The van der Waals surface area contributed by atoms with Gasteiger partial charge in [0.1, 0.15) is 0 Å². The normalized spacial score (nSPS) is 14.0. The van der Waals surface area contributed by atoms with Crippen molar-refractivity contribution in [1.29, 1.82) is 0 Å². The van der Waals surface area contributed by atoms with Gasteiger partial charge in [0.25, 0.3) is 0 Å². The molecule has 2 aromatic rings. The number of benzene rings is 1. The molecule has 0 aliphatic carbocycles. The van der Waals surface area contributed by atoms with Gasteiger partial charge < -0.3 is 10.6 Å². The van der Waals surface area contributed by atoms with E-state index in [2.05, 4.69) is 46.3 Å². The zero-order chi connectivity index (χ0) is 12.2. The van der Waals surface area contributed by atoms with E-state index in [0.717, 1.165) is 19.6 Å². The molecule has 0 saturated heterocycles. The fourth-order valence-corrected chi connectivity index (χ4v) is 3.14. The lowest BCUT2D eigenvalue weighted by molar-refractivity contribution is 0.697. The summed E-state index contributed by atoms with van der Waals surface area (Å²) in [6.45, 7) is 3.00. The maximum atomic E-state index is 3.54. The third kappa shape index (κ3) is 2.57. The molecular weight excluding hydrogens is 240 g/mol. The van der Waals surface area contributed by atoms with Crippen LogP contribution in [0.25, 0.3) is 0 Å². The molecule has 1 aromatic carbocycles. The number of para-hydroxylation sites is 1. The van der Waals surface area contributed by atoms with Gasteiger partial charge in [-0.1, -0.05) is 24.3 Å². The Labute approximate surface area is 112 Å². The molecular formula is C15H18N2S. The number of anilines is 1. The number of aryl methyl sites for hydroxylation is 1. The van der Waals surface area contributed by atoms with Crippen LogP contribution in [0.5, 0.6) is 0 Å². The van der Waals surface area contributed by atoms with E-state index in [0.29, 0.717) is 0 Å². The Kier molecular flexibility index (Phi) is 3.62. The van der Waals surface area contributed by atoms with E-state index in [1.54, 1.807) is 0 Å². The molecule has 2 N–H and O–H groups in total. The molecule has 1 aliphatic heterocycles. The summed E-state index contributed by atoms with van der Waals surface area (Å²) >= 11 is 1.81. The lowest BCUT2D eigenvalue weighted by atomic mass is 9.99. The van der Waals surface area contributed by atoms with Crippen molar-refractivity contribution in [3.8, 4) is 0 Å². The van der Waals surface area contributed by atoms with Gasteiger partial charge >= 0.3 is 0 Å². The molecule has 2 heterocycles. The van der Waals surface area contributed by atoms with Gasteiger partial charge in [-0.3, -0.25) is 0 Å². The first-order valence-electron chi connectivity index (χ1n) is 6.51. The third-order valence-corrected chi connectivity index (χ3v) is 4.23. The predicted octanol–water partition coefficient (Wildman–Crippen LogP) is 3.40. The van der Waals surface area contributed by atoms with Crippen LogP contribution >= 0.6 is 11.3 Å². The van der Waals surface area contributed by atoms with Crippen molar-refractivity contribution in [3.63, 3.8) is 0 Å². The highest BCUT2D eigenvalue weighted by Crippen LogP contribution is 2.25. The van der Waals surface area contributed by atoms with Crippen molar-refractivity contribution in [2.24, 2.45) is 0 Å². The average molecular weight is 258 g/mol. The summed E-state index contributed by atoms with van der Waals surface area (Å²) in [7, 11) is 0. The third-order valence-electron chi connectivity index (χ3n) is 3.36. The minimum absolute atomic E-state index is 0.939. The van der Waals surface area contributed by atoms with Crippen molar-refractivity contribution >= 4 is 17.0 Å².